The Morgan fingerprint density at radius 2 is 1.96 bits per heavy atom. The summed E-state index contributed by atoms with van der Waals surface area (Å²) in [5, 5.41) is 11.6. The molecule has 0 fully saturated rings. The van der Waals surface area contributed by atoms with E-state index in [0.29, 0.717) is 12.4 Å². The molecule has 1 heterocycles. The highest BCUT2D eigenvalue weighted by molar-refractivity contribution is 7.98. The third-order valence-corrected chi connectivity index (χ3v) is 4.70. The predicted molar refractivity (Wildman–Crippen MR) is 94.3 cm³/mol. The van der Waals surface area contributed by atoms with Crippen LogP contribution in [0.3, 0.4) is 0 Å². The van der Waals surface area contributed by atoms with E-state index in [1.165, 1.54) is 12.1 Å². The van der Waals surface area contributed by atoms with Gasteiger partial charge >= 0.3 is 0 Å². The Balaban J connectivity index is 1.80. The topological polar surface area (TPSA) is 70.2 Å². The van der Waals surface area contributed by atoms with Crippen molar-refractivity contribution in [1.29, 1.82) is 0 Å². The summed E-state index contributed by atoms with van der Waals surface area (Å²) < 4.78 is 7.34. The number of imidazole rings is 1. The first-order valence-corrected chi connectivity index (χ1v) is 8.48. The molecular formula is C17H17N3O3S. The van der Waals surface area contributed by atoms with E-state index in [4.69, 9.17) is 4.74 Å². The third kappa shape index (κ3) is 3.58. The molecule has 124 valence electrons. The molecule has 6 nitrogen and oxygen atoms in total. The number of benzene rings is 2. The van der Waals surface area contributed by atoms with E-state index in [0.717, 1.165) is 28.3 Å². The maximum Gasteiger partial charge on any atom is 0.269 e. The van der Waals surface area contributed by atoms with Crippen molar-refractivity contribution in [1.82, 2.24) is 9.55 Å². The number of hydrogen-bond acceptors (Lipinski definition) is 5. The molecular weight excluding hydrogens is 326 g/mol. The van der Waals surface area contributed by atoms with Crippen molar-refractivity contribution in [3.05, 3.63) is 64.2 Å². The van der Waals surface area contributed by atoms with Crippen molar-refractivity contribution in [3.8, 4) is 0 Å². The highest BCUT2D eigenvalue weighted by atomic mass is 32.2. The van der Waals surface area contributed by atoms with Gasteiger partial charge in [-0.25, -0.2) is 4.98 Å². The summed E-state index contributed by atoms with van der Waals surface area (Å²) in [6.45, 7) is 1.35. The number of hydrogen-bond donors (Lipinski definition) is 0. The van der Waals surface area contributed by atoms with Crippen LogP contribution in [0.25, 0.3) is 11.0 Å². The second kappa shape index (κ2) is 7.46. The van der Waals surface area contributed by atoms with Crippen LogP contribution in [0.2, 0.25) is 0 Å². The Hall–Kier alpha value is -2.38. The summed E-state index contributed by atoms with van der Waals surface area (Å²) in [6.07, 6.45) is 0. The van der Waals surface area contributed by atoms with Crippen LogP contribution >= 0.6 is 11.8 Å². The Morgan fingerprint density at radius 3 is 2.67 bits per heavy atom. The van der Waals surface area contributed by atoms with Gasteiger partial charge in [0.1, 0.15) is 0 Å². The lowest BCUT2D eigenvalue weighted by atomic mass is 10.2. The molecule has 3 aromatic rings. The van der Waals surface area contributed by atoms with Crippen LogP contribution in [0.5, 0.6) is 0 Å². The number of nitro groups is 1. The molecule has 0 bridgehead atoms. The SMILES string of the molecule is COCCn1c(SCc2ccc([N+](=O)[O-])cc2)nc2ccccc21. The molecule has 0 amide bonds. The smallest absolute Gasteiger partial charge is 0.269 e. The number of fused-ring (bicyclic) bond motifs is 1. The Bertz CT molecular complexity index is 846. The number of ether oxygens (including phenoxy) is 1. The number of methoxy groups -OCH3 is 1. The Labute approximate surface area is 143 Å². The number of thioether (sulfide) groups is 1. The normalized spacial score (nSPS) is 11.0. The van der Waals surface area contributed by atoms with Crippen LogP contribution in [-0.2, 0) is 17.0 Å². The molecule has 0 saturated carbocycles. The first-order chi connectivity index (χ1) is 11.7. The van der Waals surface area contributed by atoms with Gasteiger partial charge < -0.3 is 9.30 Å². The average Bonchev–Trinajstić information content (AvgIpc) is 2.96. The quantitative estimate of drug-likeness (QED) is 0.370. The summed E-state index contributed by atoms with van der Waals surface area (Å²) in [7, 11) is 1.68. The molecule has 0 unspecified atom stereocenters. The maximum absolute atomic E-state index is 10.7. The highest BCUT2D eigenvalue weighted by Gasteiger charge is 2.11. The second-order valence-electron chi connectivity index (χ2n) is 5.24. The van der Waals surface area contributed by atoms with E-state index in [2.05, 4.69) is 9.55 Å². The van der Waals surface area contributed by atoms with Crippen molar-refractivity contribution in [3.63, 3.8) is 0 Å². The molecule has 0 spiro atoms. The first-order valence-electron chi connectivity index (χ1n) is 7.49. The lowest BCUT2D eigenvalue weighted by Crippen LogP contribution is -2.05. The number of nitrogens with zero attached hydrogens (tertiary/aromatic N) is 3. The summed E-state index contributed by atoms with van der Waals surface area (Å²) >= 11 is 1.62. The molecule has 0 aliphatic heterocycles. The molecule has 1 aromatic heterocycles. The van der Waals surface area contributed by atoms with Crippen molar-refractivity contribution in [2.75, 3.05) is 13.7 Å². The van der Waals surface area contributed by atoms with Crippen LogP contribution in [0.15, 0.2) is 53.7 Å². The lowest BCUT2D eigenvalue weighted by Gasteiger charge is -2.08. The van der Waals surface area contributed by atoms with Crippen LogP contribution in [0, 0.1) is 10.1 Å². The van der Waals surface area contributed by atoms with Gasteiger partial charge in [-0.3, -0.25) is 10.1 Å². The molecule has 0 atom stereocenters. The van der Waals surface area contributed by atoms with Gasteiger partial charge in [0.15, 0.2) is 5.16 Å². The van der Waals surface area contributed by atoms with E-state index in [1.807, 2.05) is 24.3 Å². The van der Waals surface area contributed by atoms with Crippen LogP contribution < -0.4 is 0 Å². The molecule has 0 N–H and O–H groups in total. The van der Waals surface area contributed by atoms with E-state index >= 15 is 0 Å². The van der Waals surface area contributed by atoms with Crippen LogP contribution in [0.4, 0.5) is 5.69 Å². The Kier molecular flexibility index (Phi) is 5.12. The van der Waals surface area contributed by atoms with E-state index < -0.39 is 0 Å². The second-order valence-corrected chi connectivity index (χ2v) is 6.18. The molecule has 0 aliphatic rings. The Morgan fingerprint density at radius 1 is 1.21 bits per heavy atom. The fourth-order valence-electron chi connectivity index (χ4n) is 2.42. The minimum atomic E-state index is -0.388. The monoisotopic (exact) mass is 343 g/mol. The zero-order valence-electron chi connectivity index (χ0n) is 13.2. The largest absolute Gasteiger partial charge is 0.383 e. The van der Waals surface area contributed by atoms with E-state index in [1.54, 1.807) is 31.0 Å². The molecule has 0 radical (unpaired) electrons. The van der Waals surface area contributed by atoms with Gasteiger partial charge in [-0.1, -0.05) is 36.0 Å². The average molecular weight is 343 g/mol. The van der Waals surface area contributed by atoms with Crippen molar-refractivity contribution in [2.45, 2.75) is 17.5 Å². The number of aromatic nitrogens is 2. The van der Waals surface area contributed by atoms with Gasteiger partial charge in [-0.2, -0.15) is 0 Å². The van der Waals surface area contributed by atoms with Crippen molar-refractivity contribution >= 4 is 28.5 Å². The third-order valence-electron chi connectivity index (χ3n) is 3.65. The first kappa shape index (κ1) is 16.5. The molecule has 3 rings (SSSR count). The molecule has 0 saturated heterocycles. The number of para-hydroxylation sites is 2. The van der Waals surface area contributed by atoms with Crippen molar-refractivity contribution in [2.24, 2.45) is 0 Å². The number of rotatable bonds is 7. The standard InChI is InChI=1S/C17H17N3O3S/c1-23-11-10-19-16-5-3-2-4-15(16)18-17(19)24-12-13-6-8-14(9-7-13)20(21)22/h2-9H,10-12H2,1H3. The number of non-ortho nitro benzene ring substituents is 1. The lowest BCUT2D eigenvalue weighted by molar-refractivity contribution is -0.384. The van der Waals surface area contributed by atoms with E-state index in [-0.39, 0.29) is 10.6 Å². The molecule has 0 aliphatic carbocycles. The summed E-state index contributed by atoms with van der Waals surface area (Å²) in [5.74, 6) is 0.703. The molecule has 2 aromatic carbocycles. The van der Waals surface area contributed by atoms with E-state index in [9.17, 15) is 10.1 Å². The minimum absolute atomic E-state index is 0.107. The van der Waals surface area contributed by atoms with Gasteiger partial charge in [0.2, 0.25) is 0 Å². The number of nitro benzene ring substituents is 1. The molecule has 7 heteroatoms. The van der Waals surface area contributed by atoms with Crippen molar-refractivity contribution < 1.29 is 9.66 Å². The van der Waals surface area contributed by atoms with Gasteiger partial charge in [0, 0.05) is 31.5 Å². The molecule has 24 heavy (non-hydrogen) atoms. The highest BCUT2D eigenvalue weighted by Crippen LogP contribution is 2.27. The minimum Gasteiger partial charge on any atom is -0.383 e. The summed E-state index contributed by atoms with van der Waals surface area (Å²) in [6, 6.07) is 14.6. The zero-order valence-corrected chi connectivity index (χ0v) is 14.0. The summed E-state index contributed by atoms with van der Waals surface area (Å²) in [5.41, 5.74) is 3.17. The van der Waals surface area contributed by atoms with Crippen LogP contribution in [0.1, 0.15) is 5.56 Å². The predicted octanol–water partition coefficient (Wildman–Crippen LogP) is 3.88. The fraction of sp³-hybridized carbons (Fsp3) is 0.235. The summed E-state index contributed by atoms with van der Waals surface area (Å²) in [4.78, 5) is 15.0. The zero-order chi connectivity index (χ0) is 16.9. The van der Waals surface area contributed by atoms with Gasteiger partial charge in [0.25, 0.3) is 5.69 Å². The van der Waals surface area contributed by atoms with Crippen LogP contribution in [-0.4, -0.2) is 28.2 Å². The van der Waals surface area contributed by atoms with Gasteiger partial charge in [-0.15, -0.1) is 0 Å². The van der Waals surface area contributed by atoms with Gasteiger partial charge in [0.05, 0.1) is 22.6 Å². The van der Waals surface area contributed by atoms with Gasteiger partial charge in [-0.05, 0) is 17.7 Å². The maximum atomic E-state index is 10.7. The fourth-order valence-corrected chi connectivity index (χ4v) is 3.42.